The molecular formula is C27H22Cl3NO4. The third-order valence-corrected chi connectivity index (χ3v) is 7.45. The van der Waals surface area contributed by atoms with E-state index in [0.717, 1.165) is 24.0 Å². The highest BCUT2D eigenvalue weighted by Crippen LogP contribution is 2.47. The van der Waals surface area contributed by atoms with Crippen LogP contribution in [0.15, 0.2) is 71.3 Å². The highest BCUT2D eigenvalue weighted by molar-refractivity contribution is 6.39. The van der Waals surface area contributed by atoms with Crippen LogP contribution >= 0.6 is 34.8 Å². The van der Waals surface area contributed by atoms with E-state index in [-0.39, 0.29) is 18.9 Å². The Morgan fingerprint density at radius 1 is 1.11 bits per heavy atom. The summed E-state index contributed by atoms with van der Waals surface area (Å²) < 4.78 is 12.1. The zero-order valence-corrected chi connectivity index (χ0v) is 20.9. The van der Waals surface area contributed by atoms with Crippen LogP contribution in [-0.4, -0.2) is 27.2 Å². The van der Waals surface area contributed by atoms with Crippen LogP contribution in [0.1, 0.15) is 42.1 Å². The third kappa shape index (κ3) is 4.91. The average Bonchev–Trinajstić information content (AvgIpc) is 3.60. The summed E-state index contributed by atoms with van der Waals surface area (Å²) in [5.74, 6) is -0.0586. The maximum atomic E-state index is 11.8. The number of alkyl halides is 1. The molecule has 1 saturated carbocycles. The minimum atomic E-state index is -1.26. The minimum Gasteiger partial charge on any atom is -0.481 e. The quantitative estimate of drug-likeness (QED) is 0.305. The molecule has 0 radical (unpaired) electrons. The van der Waals surface area contributed by atoms with Crippen molar-refractivity contribution in [2.45, 2.75) is 42.8 Å². The number of carboxylic acids is 1. The van der Waals surface area contributed by atoms with Crippen LogP contribution in [0.3, 0.4) is 0 Å². The van der Waals surface area contributed by atoms with Crippen LogP contribution < -0.4 is 0 Å². The number of hydrogen-bond acceptors (Lipinski definition) is 4. The second-order valence-corrected chi connectivity index (χ2v) is 10.1. The average molecular weight is 531 g/mol. The van der Waals surface area contributed by atoms with Crippen molar-refractivity contribution in [3.63, 3.8) is 0 Å². The Morgan fingerprint density at radius 3 is 2.46 bits per heavy atom. The number of aromatic nitrogens is 1. The number of carbonyl (C=O) groups is 1. The van der Waals surface area contributed by atoms with Crippen LogP contribution in [0.4, 0.5) is 0 Å². The first-order valence-electron chi connectivity index (χ1n) is 11.3. The van der Waals surface area contributed by atoms with Gasteiger partial charge in [-0.05, 0) is 42.2 Å². The molecule has 2 aliphatic carbocycles. The van der Waals surface area contributed by atoms with Gasteiger partial charge in [0, 0.05) is 17.0 Å². The van der Waals surface area contributed by atoms with Gasteiger partial charge >= 0.3 is 5.97 Å². The fourth-order valence-electron chi connectivity index (χ4n) is 4.33. The van der Waals surface area contributed by atoms with Gasteiger partial charge in [-0.1, -0.05) is 76.9 Å². The Hall–Kier alpha value is -2.57. The molecule has 0 spiro atoms. The summed E-state index contributed by atoms with van der Waals surface area (Å²) in [6, 6.07) is 15.0. The van der Waals surface area contributed by atoms with Crippen molar-refractivity contribution < 1.29 is 19.2 Å². The van der Waals surface area contributed by atoms with Crippen molar-refractivity contribution in [2.75, 3.05) is 0 Å². The number of benzene rings is 2. The summed E-state index contributed by atoms with van der Waals surface area (Å²) in [6.07, 6.45) is 7.11. The van der Waals surface area contributed by atoms with Crippen molar-refractivity contribution in [1.82, 2.24) is 5.16 Å². The lowest BCUT2D eigenvalue weighted by atomic mass is 9.86. The van der Waals surface area contributed by atoms with E-state index in [1.807, 2.05) is 42.5 Å². The summed E-state index contributed by atoms with van der Waals surface area (Å²) in [5, 5.41) is 14.1. The monoisotopic (exact) mass is 529 g/mol. The Morgan fingerprint density at radius 2 is 1.83 bits per heavy atom. The van der Waals surface area contributed by atoms with Gasteiger partial charge in [-0.2, -0.15) is 0 Å². The number of allylic oxidation sites excluding steroid dienone is 2. The summed E-state index contributed by atoms with van der Waals surface area (Å²) in [5.41, 5.74) is 2.41. The number of aliphatic carboxylic acids is 1. The van der Waals surface area contributed by atoms with Gasteiger partial charge in [0.25, 0.3) is 0 Å². The minimum absolute atomic E-state index is 0.0432. The molecule has 3 aromatic rings. The van der Waals surface area contributed by atoms with Gasteiger partial charge in [-0.15, -0.1) is 11.6 Å². The Kier molecular flexibility index (Phi) is 6.78. The molecule has 2 unspecified atom stereocenters. The van der Waals surface area contributed by atoms with Crippen LogP contribution in [0.2, 0.25) is 10.0 Å². The second kappa shape index (κ2) is 9.82. The van der Waals surface area contributed by atoms with Crippen LogP contribution in [0.5, 0.6) is 0 Å². The lowest BCUT2D eigenvalue weighted by molar-refractivity contribution is -0.143. The number of rotatable bonds is 8. The van der Waals surface area contributed by atoms with Crippen LogP contribution in [0, 0.1) is 0 Å². The molecule has 180 valence electrons. The number of hydrogen-bond donors (Lipinski definition) is 1. The smallest absolute Gasteiger partial charge is 0.306 e. The number of ether oxygens (including phenoxy) is 1. The molecule has 5 nitrogen and oxygen atoms in total. The van der Waals surface area contributed by atoms with Crippen LogP contribution in [0.25, 0.3) is 16.8 Å². The van der Waals surface area contributed by atoms with E-state index in [0.29, 0.717) is 32.6 Å². The molecule has 2 atom stereocenters. The molecule has 0 bridgehead atoms. The number of carboxylic acid groups (broad SMARTS) is 1. The van der Waals surface area contributed by atoms with E-state index in [9.17, 15) is 9.90 Å². The standard InChI is InChI=1S/C27H22Cl3NO4/c28-20-7-4-8-21(29)24(20)25-19(26(35-31-25)17-9-10-17)15-34-27(14-23(32)33)12-11-18(13-22(27)30)16-5-2-1-3-6-16/h1-8,11-13,17,22H,9-10,14-15H2,(H,32,33). The van der Waals surface area contributed by atoms with Crippen molar-refractivity contribution in [2.24, 2.45) is 0 Å². The molecule has 1 heterocycles. The van der Waals surface area contributed by atoms with Gasteiger partial charge in [0.1, 0.15) is 17.1 Å². The van der Waals surface area contributed by atoms with E-state index in [1.165, 1.54) is 0 Å². The maximum Gasteiger partial charge on any atom is 0.306 e. The molecule has 1 fully saturated rings. The molecular weight excluding hydrogens is 509 g/mol. The van der Waals surface area contributed by atoms with E-state index >= 15 is 0 Å². The summed E-state index contributed by atoms with van der Waals surface area (Å²) in [6.45, 7) is 0.0432. The van der Waals surface area contributed by atoms with Gasteiger partial charge in [-0.3, -0.25) is 4.79 Å². The van der Waals surface area contributed by atoms with E-state index < -0.39 is 16.9 Å². The van der Waals surface area contributed by atoms with E-state index in [4.69, 9.17) is 44.1 Å². The normalized spacial score (nSPS) is 21.7. The summed E-state index contributed by atoms with van der Waals surface area (Å²) >= 11 is 19.7. The van der Waals surface area contributed by atoms with Crippen LogP contribution in [-0.2, 0) is 16.1 Å². The predicted molar refractivity (Wildman–Crippen MR) is 137 cm³/mol. The lowest BCUT2D eigenvalue weighted by Gasteiger charge is -2.35. The number of halogens is 3. The zero-order chi connectivity index (χ0) is 24.6. The van der Waals surface area contributed by atoms with E-state index in [1.54, 1.807) is 24.3 Å². The molecule has 0 aliphatic heterocycles. The largest absolute Gasteiger partial charge is 0.481 e. The first-order valence-corrected chi connectivity index (χ1v) is 12.5. The predicted octanol–water partition coefficient (Wildman–Crippen LogP) is 7.52. The Balaban J connectivity index is 1.48. The van der Waals surface area contributed by atoms with Crippen molar-refractivity contribution in [1.29, 1.82) is 0 Å². The Labute approximate surface area is 217 Å². The first-order chi connectivity index (χ1) is 16.9. The molecule has 2 aliphatic rings. The third-order valence-electron chi connectivity index (χ3n) is 6.32. The zero-order valence-electron chi connectivity index (χ0n) is 18.6. The highest BCUT2D eigenvalue weighted by atomic mass is 35.5. The highest BCUT2D eigenvalue weighted by Gasteiger charge is 2.42. The molecule has 35 heavy (non-hydrogen) atoms. The van der Waals surface area contributed by atoms with Gasteiger partial charge in [-0.25, -0.2) is 0 Å². The number of nitrogens with zero attached hydrogens (tertiary/aromatic N) is 1. The second-order valence-electron chi connectivity index (χ2n) is 8.78. The van der Waals surface area contributed by atoms with Gasteiger partial charge < -0.3 is 14.4 Å². The van der Waals surface area contributed by atoms with Crippen molar-refractivity contribution in [3.05, 3.63) is 93.7 Å². The lowest BCUT2D eigenvalue weighted by Crippen LogP contribution is -2.42. The van der Waals surface area contributed by atoms with Gasteiger partial charge in [0.05, 0.1) is 28.5 Å². The van der Waals surface area contributed by atoms with Gasteiger partial charge in [0.15, 0.2) is 0 Å². The molecule has 8 heteroatoms. The molecule has 0 amide bonds. The maximum absolute atomic E-state index is 11.8. The summed E-state index contributed by atoms with van der Waals surface area (Å²) in [7, 11) is 0. The van der Waals surface area contributed by atoms with Crippen molar-refractivity contribution in [3.8, 4) is 11.3 Å². The first kappa shape index (κ1) is 24.1. The van der Waals surface area contributed by atoms with Gasteiger partial charge in [0.2, 0.25) is 0 Å². The molecule has 5 rings (SSSR count). The van der Waals surface area contributed by atoms with Crippen molar-refractivity contribution >= 4 is 46.3 Å². The fraction of sp³-hybridized carbons (Fsp3) is 0.259. The summed E-state index contributed by atoms with van der Waals surface area (Å²) in [4.78, 5) is 11.8. The SMILES string of the molecule is O=C(O)CC1(OCc2c(-c3c(Cl)cccc3Cl)noc2C2CC2)C=CC(c2ccccc2)=CC1Cl. The molecule has 2 aromatic carbocycles. The molecule has 1 aromatic heterocycles. The Bertz CT molecular complexity index is 1290. The topological polar surface area (TPSA) is 72.6 Å². The molecule has 0 saturated heterocycles. The fourth-order valence-corrected chi connectivity index (χ4v) is 5.25. The molecule has 1 N–H and O–H groups in total. The van der Waals surface area contributed by atoms with E-state index in [2.05, 4.69) is 5.16 Å².